The van der Waals surface area contributed by atoms with E-state index in [1.54, 1.807) is 16.5 Å². The lowest BCUT2D eigenvalue weighted by Gasteiger charge is -2.04. The van der Waals surface area contributed by atoms with Crippen molar-refractivity contribution in [3.05, 3.63) is 40.4 Å². The second kappa shape index (κ2) is 3.24. The Morgan fingerprint density at radius 1 is 1.47 bits per heavy atom. The molecule has 2 aromatic heterocycles. The smallest absolute Gasteiger partial charge is 0.256 e. The van der Waals surface area contributed by atoms with E-state index in [2.05, 4.69) is 4.98 Å². The minimum absolute atomic E-state index is 0.00648. The fourth-order valence-electron chi connectivity index (χ4n) is 2.04. The summed E-state index contributed by atoms with van der Waals surface area (Å²) in [7, 11) is 0. The Morgan fingerprint density at radius 3 is 3.13 bits per heavy atom. The van der Waals surface area contributed by atoms with E-state index in [-0.39, 0.29) is 11.7 Å². The molecule has 0 aromatic carbocycles. The molecule has 1 atom stereocenters. The highest BCUT2D eigenvalue weighted by Gasteiger charge is 2.19. The van der Waals surface area contributed by atoms with Crippen molar-refractivity contribution in [3.8, 4) is 0 Å². The van der Waals surface area contributed by atoms with Crippen molar-refractivity contribution in [2.75, 3.05) is 6.61 Å². The summed E-state index contributed by atoms with van der Waals surface area (Å²) in [5, 5.41) is 0. The summed E-state index contributed by atoms with van der Waals surface area (Å²) in [6.07, 6.45) is 4.09. The highest BCUT2D eigenvalue weighted by atomic mass is 16.5. The van der Waals surface area contributed by atoms with Crippen LogP contribution in [0.4, 0.5) is 0 Å². The fraction of sp³-hybridized carbons (Fsp3) is 0.364. The summed E-state index contributed by atoms with van der Waals surface area (Å²) in [5.74, 6) is 0. The molecular weight excluding hydrogens is 192 g/mol. The number of nitrogens with one attached hydrogen (secondary N) is 1. The molecule has 4 nitrogen and oxygen atoms in total. The molecule has 1 fully saturated rings. The predicted octanol–water partition coefficient (Wildman–Crippen LogP) is 1.48. The van der Waals surface area contributed by atoms with Crippen LogP contribution >= 0.6 is 0 Å². The Balaban J connectivity index is 2.13. The maximum atomic E-state index is 11.5. The zero-order valence-electron chi connectivity index (χ0n) is 8.27. The molecule has 1 N–H and O–H groups in total. The Kier molecular flexibility index (Phi) is 1.89. The average Bonchev–Trinajstić information content (AvgIpc) is 2.86. The molecule has 0 aliphatic carbocycles. The van der Waals surface area contributed by atoms with Crippen LogP contribution in [-0.4, -0.2) is 16.0 Å². The number of H-pyrrole nitrogens is 1. The normalized spacial score (nSPS) is 21.2. The number of nitrogens with zero attached hydrogens (tertiary/aromatic N) is 1. The summed E-state index contributed by atoms with van der Waals surface area (Å²) in [4.78, 5) is 14.7. The van der Waals surface area contributed by atoms with Crippen molar-refractivity contribution in [2.24, 2.45) is 0 Å². The van der Waals surface area contributed by atoms with E-state index < -0.39 is 0 Å². The first-order valence-corrected chi connectivity index (χ1v) is 5.16. The summed E-state index contributed by atoms with van der Waals surface area (Å²) in [6, 6.07) is 5.20. The second-order valence-electron chi connectivity index (χ2n) is 3.83. The van der Waals surface area contributed by atoms with Crippen LogP contribution in [0.3, 0.4) is 0 Å². The average molecular weight is 204 g/mol. The van der Waals surface area contributed by atoms with Crippen molar-refractivity contribution in [1.29, 1.82) is 0 Å². The monoisotopic (exact) mass is 204 g/mol. The number of fused-ring (bicyclic) bond motifs is 1. The highest BCUT2D eigenvalue weighted by molar-refractivity contribution is 5.39. The topological polar surface area (TPSA) is 46.5 Å². The first-order chi connectivity index (χ1) is 7.34. The van der Waals surface area contributed by atoms with Crippen LogP contribution in [0.1, 0.15) is 24.6 Å². The van der Waals surface area contributed by atoms with Gasteiger partial charge in [-0.05, 0) is 18.9 Å². The van der Waals surface area contributed by atoms with Gasteiger partial charge >= 0.3 is 0 Å². The van der Waals surface area contributed by atoms with E-state index in [1.807, 2.05) is 12.3 Å². The van der Waals surface area contributed by atoms with Crippen LogP contribution in [0.25, 0.3) is 5.65 Å². The van der Waals surface area contributed by atoms with Crippen LogP contribution in [0.2, 0.25) is 0 Å². The van der Waals surface area contributed by atoms with Crippen LogP contribution < -0.4 is 5.56 Å². The third kappa shape index (κ3) is 1.37. The van der Waals surface area contributed by atoms with Gasteiger partial charge in [0.25, 0.3) is 5.56 Å². The van der Waals surface area contributed by atoms with Gasteiger partial charge in [-0.3, -0.25) is 9.20 Å². The minimum atomic E-state index is -0.00648. The van der Waals surface area contributed by atoms with Gasteiger partial charge in [0, 0.05) is 18.9 Å². The molecule has 15 heavy (non-hydrogen) atoms. The SMILES string of the molecule is O=c1cccc2[nH]c(C3CCCO3)cn12. The van der Waals surface area contributed by atoms with E-state index in [0.717, 1.165) is 30.8 Å². The number of aromatic nitrogens is 2. The van der Waals surface area contributed by atoms with Gasteiger partial charge in [0.2, 0.25) is 0 Å². The van der Waals surface area contributed by atoms with Crippen LogP contribution in [0.5, 0.6) is 0 Å². The van der Waals surface area contributed by atoms with Gasteiger partial charge in [-0.25, -0.2) is 0 Å². The predicted molar refractivity (Wildman–Crippen MR) is 55.9 cm³/mol. The van der Waals surface area contributed by atoms with Crippen LogP contribution in [0.15, 0.2) is 29.2 Å². The Morgan fingerprint density at radius 2 is 2.40 bits per heavy atom. The number of pyridine rings is 1. The van der Waals surface area contributed by atoms with E-state index in [1.165, 1.54) is 0 Å². The summed E-state index contributed by atoms with van der Waals surface area (Å²) in [6.45, 7) is 0.814. The molecule has 1 aliphatic rings. The number of imidazole rings is 1. The van der Waals surface area contributed by atoms with Crippen molar-refractivity contribution >= 4 is 5.65 Å². The number of ether oxygens (including phenoxy) is 1. The Bertz CT molecular complexity index is 535. The molecule has 2 aromatic rings. The molecule has 0 spiro atoms. The third-order valence-corrected chi connectivity index (χ3v) is 2.81. The maximum Gasteiger partial charge on any atom is 0.256 e. The van der Waals surface area contributed by atoms with Crippen molar-refractivity contribution < 1.29 is 4.74 Å². The quantitative estimate of drug-likeness (QED) is 0.764. The molecule has 0 saturated carbocycles. The molecule has 4 heteroatoms. The van der Waals surface area contributed by atoms with Crippen LogP contribution in [0, 0.1) is 0 Å². The first kappa shape index (κ1) is 8.73. The zero-order chi connectivity index (χ0) is 10.3. The van der Waals surface area contributed by atoms with Gasteiger partial charge in [-0.15, -0.1) is 0 Å². The molecule has 0 amide bonds. The number of rotatable bonds is 1. The third-order valence-electron chi connectivity index (χ3n) is 2.81. The molecule has 0 radical (unpaired) electrons. The number of aromatic amines is 1. The molecule has 0 bridgehead atoms. The standard InChI is InChI=1S/C11H12N2O2/c14-11-5-1-4-10-12-8(7-13(10)11)9-3-2-6-15-9/h1,4-5,7,9,12H,2-3,6H2. The second-order valence-corrected chi connectivity index (χ2v) is 3.83. The molecule has 1 unspecified atom stereocenters. The van der Waals surface area contributed by atoms with Crippen molar-refractivity contribution in [1.82, 2.24) is 9.38 Å². The summed E-state index contributed by atoms with van der Waals surface area (Å²) >= 11 is 0. The van der Waals surface area contributed by atoms with Gasteiger partial charge in [0.05, 0.1) is 11.8 Å². The van der Waals surface area contributed by atoms with Crippen LogP contribution in [-0.2, 0) is 4.74 Å². The molecule has 1 saturated heterocycles. The summed E-state index contributed by atoms with van der Waals surface area (Å²) < 4.78 is 7.18. The molecule has 3 heterocycles. The van der Waals surface area contributed by atoms with Gasteiger partial charge < -0.3 is 9.72 Å². The maximum absolute atomic E-state index is 11.5. The lowest BCUT2D eigenvalue weighted by atomic mass is 10.2. The fourth-order valence-corrected chi connectivity index (χ4v) is 2.04. The number of hydrogen-bond donors (Lipinski definition) is 1. The molecule has 3 rings (SSSR count). The minimum Gasteiger partial charge on any atom is -0.372 e. The Hall–Kier alpha value is -1.55. The lowest BCUT2D eigenvalue weighted by Crippen LogP contribution is -2.08. The van der Waals surface area contributed by atoms with Gasteiger partial charge in [-0.2, -0.15) is 0 Å². The van der Waals surface area contributed by atoms with Gasteiger partial charge in [0.15, 0.2) is 0 Å². The zero-order valence-corrected chi connectivity index (χ0v) is 8.27. The highest BCUT2D eigenvalue weighted by Crippen LogP contribution is 2.27. The van der Waals surface area contributed by atoms with Crippen molar-refractivity contribution in [2.45, 2.75) is 18.9 Å². The van der Waals surface area contributed by atoms with E-state index in [4.69, 9.17) is 4.74 Å². The van der Waals surface area contributed by atoms with E-state index in [9.17, 15) is 4.79 Å². The van der Waals surface area contributed by atoms with Gasteiger partial charge in [0.1, 0.15) is 5.65 Å². The molecule has 1 aliphatic heterocycles. The lowest BCUT2D eigenvalue weighted by molar-refractivity contribution is 0.109. The van der Waals surface area contributed by atoms with E-state index >= 15 is 0 Å². The summed E-state index contributed by atoms with van der Waals surface area (Å²) in [5.41, 5.74) is 1.82. The first-order valence-electron chi connectivity index (χ1n) is 5.16. The Labute approximate surface area is 86.5 Å². The van der Waals surface area contributed by atoms with Crippen molar-refractivity contribution in [3.63, 3.8) is 0 Å². The number of hydrogen-bond acceptors (Lipinski definition) is 2. The molecular formula is C11H12N2O2. The molecule has 78 valence electrons. The largest absolute Gasteiger partial charge is 0.372 e. The van der Waals surface area contributed by atoms with Gasteiger partial charge in [-0.1, -0.05) is 6.07 Å². The van der Waals surface area contributed by atoms with E-state index in [0.29, 0.717) is 0 Å².